The SMILES string of the molecule is CC(=O)CC(C(=O)N[C@@H](c1ccc(Cl)c(Cl)c1)c1ccc(Cl)cn1)c1cccc(Cl)c1. The van der Waals surface area contributed by atoms with Crippen molar-refractivity contribution in [2.75, 3.05) is 0 Å². The summed E-state index contributed by atoms with van der Waals surface area (Å²) in [4.78, 5) is 29.6. The predicted molar refractivity (Wildman–Crippen MR) is 125 cm³/mol. The molecular formula is C23H18Cl4N2O2. The zero-order valence-electron chi connectivity index (χ0n) is 16.4. The van der Waals surface area contributed by atoms with Crippen molar-refractivity contribution in [2.45, 2.75) is 25.3 Å². The molecule has 1 N–H and O–H groups in total. The van der Waals surface area contributed by atoms with Crippen LogP contribution in [0.2, 0.25) is 20.1 Å². The molecule has 0 bridgehead atoms. The molecule has 0 saturated heterocycles. The first-order valence-corrected chi connectivity index (χ1v) is 10.9. The standard InChI is InChI=1S/C23H18Cl4N2O2/c1-13(30)9-18(14-3-2-4-16(24)10-14)23(31)29-22(21-8-6-17(25)12-28-21)15-5-7-19(26)20(27)11-15/h2-8,10-12,18,22H,9H2,1H3,(H,29,31)/t18?,22-/m0/s1. The molecule has 1 amide bonds. The number of carbonyl (C=O) groups is 2. The van der Waals surface area contributed by atoms with Gasteiger partial charge in [0, 0.05) is 17.6 Å². The summed E-state index contributed by atoms with van der Waals surface area (Å²) < 4.78 is 0. The highest BCUT2D eigenvalue weighted by molar-refractivity contribution is 6.42. The van der Waals surface area contributed by atoms with E-state index in [-0.39, 0.29) is 18.1 Å². The fraction of sp³-hybridized carbons (Fsp3) is 0.174. The lowest BCUT2D eigenvalue weighted by Crippen LogP contribution is -2.34. The summed E-state index contributed by atoms with van der Waals surface area (Å²) >= 11 is 24.4. The largest absolute Gasteiger partial charge is 0.343 e. The van der Waals surface area contributed by atoms with Crippen molar-refractivity contribution >= 4 is 58.1 Å². The number of halogens is 4. The zero-order valence-corrected chi connectivity index (χ0v) is 19.4. The number of pyridine rings is 1. The highest BCUT2D eigenvalue weighted by Crippen LogP contribution is 2.30. The van der Waals surface area contributed by atoms with Crippen molar-refractivity contribution in [3.05, 3.63) is 97.7 Å². The van der Waals surface area contributed by atoms with Crippen LogP contribution >= 0.6 is 46.4 Å². The van der Waals surface area contributed by atoms with Crippen molar-refractivity contribution in [1.29, 1.82) is 0 Å². The van der Waals surface area contributed by atoms with E-state index in [0.717, 1.165) is 0 Å². The maximum Gasteiger partial charge on any atom is 0.228 e. The summed E-state index contributed by atoms with van der Waals surface area (Å²) in [6.07, 6.45) is 1.53. The number of hydrogen-bond donors (Lipinski definition) is 1. The van der Waals surface area contributed by atoms with E-state index >= 15 is 0 Å². The van der Waals surface area contributed by atoms with E-state index in [9.17, 15) is 9.59 Å². The van der Waals surface area contributed by atoms with E-state index in [1.54, 1.807) is 54.6 Å². The number of rotatable bonds is 7. The third kappa shape index (κ3) is 6.20. The Morgan fingerprint density at radius 2 is 1.68 bits per heavy atom. The molecule has 0 aliphatic rings. The van der Waals surface area contributed by atoms with Gasteiger partial charge in [0.05, 0.1) is 32.7 Å². The average molecular weight is 496 g/mol. The summed E-state index contributed by atoms with van der Waals surface area (Å²) in [6.45, 7) is 1.45. The first kappa shape index (κ1) is 23.6. The number of Topliss-reactive ketones (excluding diaryl/α,β-unsaturated/α-hetero) is 1. The number of benzene rings is 2. The van der Waals surface area contributed by atoms with Crippen LogP contribution in [0.1, 0.15) is 42.1 Å². The summed E-state index contributed by atoms with van der Waals surface area (Å²) in [6, 6.07) is 14.8. The average Bonchev–Trinajstić information content (AvgIpc) is 2.73. The number of carbonyl (C=O) groups excluding carboxylic acids is 2. The van der Waals surface area contributed by atoms with Gasteiger partial charge in [-0.2, -0.15) is 0 Å². The molecule has 1 unspecified atom stereocenters. The Morgan fingerprint density at radius 1 is 0.903 bits per heavy atom. The van der Waals surface area contributed by atoms with E-state index in [0.29, 0.717) is 36.9 Å². The molecule has 1 aromatic heterocycles. The van der Waals surface area contributed by atoms with Gasteiger partial charge in [-0.1, -0.05) is 64.6 Å². The van der Waals surface area contributed by atoms with Gasteiger partial charge < -0.3 is 5.32 Å². The van der Waals surface area contributed by atoms with Gasteiger partial charge in [-0.3, -0.25) is 14.6 Å². The lowest BCUT2D eigenvalue weighted by atomic mass is 9.92. The van der Waals surface area contributed by atoms with Crippen LogP contribution in [0.5, 0.6) is 0 Å². The van der Waals surface area contributed by atoms with Crippen molar-refractivity contribution in [3.8, 4) is 0 Å². The molecular weight excluding hydrogens is 478 g/mol. The Balaban J connectivity index is 1.99. The molecule has 3 aromatic rings. The fourth-order valence-electron chi connectivity index (χ4n) is 3.19. The Kier molecular flexibility index (Phi) is 7.95. The minimum Gasteiger partial charge on any atom is -0.343 e. The lowest BCUT2D eigenvalue weighted by Gasteiger charge is -2.23. The van der Waals surface area contributed by atoms with Crippen LogP contribution in [-0.2, 0) is 9.59 Å². The molecule has 4 nitrogen and oxygen atoms in total. The first-order chi connectivity index (χ1) is 14.7. The number of aromatic nitrogens is 1. The molecule has 0 aliphatic heterocycles. The molecule has 0 spiro atoms. The maximum absolute atomic E-state index is 13.3. The molecule has 0 aliphatic carbocycles. The van der Waals surface area contributed by atoms with Crippen LogP contribution in [0.3, 0.4) is 0 Å². The van der Waals surface area contributed by atoms with E-state index < -0.39 is 12.0 Å². The zero-order chi connectivity index (χ0) is 22.5. The predicted octanol–water partition coefficient (Wildman–Crippen LogP) is 6.66. The second kappa shape index (κ2) is 10.5. The van der Waals surface area contributed by atoms with Crippen LogP contribution in [0.15, 0.2) is 60.8 Å². The Labute approximate surface area is 200 Å². The first-order valence-electron chi connectivity index (χ1n) is 9.36. The third-order valence-corrected chi connectivity index (χ3v) is 5.87. The summed E-state index contributed by atoms with van der Waals surface area (Å²) in [7, 11) is 0. The molecule has 0 fully saturated rings. The molecule has 8 heteroatoms. The summed E-state index contributed by atoms with van der Waals surface area (Å²) in [5.74, 6) is -1.17. The van der Waals surface area contributed by atoms with Crippen LogP contribution < -0.4 is 5.32 Å². The number of nitrogens with zero attached hydrogens (tertiary/aromatic N) is 1. The Hall–Kier alpha value is -2.11. The molecule has 2 atom stereocenters. The van der Waals surface area contributed by atoms with Crippen molar-refractivity contribution in [1.82, 2.24) is 10.3 Å². The van der Waals surface area contributed by atoms with Gasteiger partial charge in [0.15, 0.2) is 0 Å². The van der Waals surface area contributed by atoms with Crippen LogP contribution in [0.25, 0.3) is 0 Å². The van der Waals surface area contributed by atoms with Gasteiger partial charge >= 0.3 is 0 Å². The quantitative estimate of drug-likeness (QED) is 0.398. The van der Waals surface area contributed by atoms with Crippen LogP contribution in [0.4, 0.5) is 0 Å². The van der Waals surface area contributed by atoms with Gasteiger partial charge in [-0.05, 0) is 54.4 Å². The summed E-state index contributed by atoms with van der Waals surface area (Å²) in [5, 5.41) is 4.70. The smallest absolute Gasteiger partial charge is 0.228 e. The second-order valence-corrected chi connectivity index (χ2v) is 8.72. The molecule has 1 heterocycles. The minimum atomic E-state index is -0.714. The van der Waals surface area contributed by atoms with E-state index in [2.05, 4.69) is 10.3 Å². The van der Waals surface area contributed by atoms with E-state index in [1.807, 2.05) is 0 Å². The molecule has 31 heavy (non-hydrogen) atoms. The van der Waals surface area contributed by atoms with Gasteiger partial charge in [0.2, 0.25) is 5.91 Å². The van der Waals surface area contributed by atoms with Crippen LogP contribution in [-0.4, -0.2) is 16.7 Å². The second-order valence-electron chi connectivity index (χ2n) is 7.03. The minimum absolute atomic E-state index is 0.0360. The molecule has 0 radical (unpaired) electrons. The van der Waals surface area contributed by atoms with Crippen molar-refractivity contribution in [3.63, 3.8) is 0 Å². The third-order valence-electron chi connectivity index (χ3n) is 4.67. The number of nitrogens with one attached hydrogen (secondary N) is 1. The van der Waals surface area contributed by atoms with E-state index in [4.69, 9.17) is 46.4 Å². The highest BCUT2D eigenvalue weighted by Gasteiger charge is 2.27. The molecule has 0 saturated carbocycles. The topological polar surface area (TPSA) is 59.1 Å². The Bertz CT molecular complexity index is 1100. The fourth-order valence-corrected chi connectivity index (χ4v) is 3.81. The lowest BCUT2D eigenvalue weighted by molar-refractivity contribution is -0.126. The monoisotopic (exact) mass is 494 g/mol. The molecule has 3 rings (SSSR count). The van der Waals surface area contributed by atoms with Crippen LogP contribution in [0, 0.1) is 0 Å². The van der Waals surface area contributed by atoms with Gasteiger partial charge in [-0.15, -0.1) is 0 Å². The van der Waals surface area contributed by atoms with Crippen molar-refractivity contribution in [2.24, 2.45) is 0 Å². The number of hydrogen-bond acceptors (Lipinski definition) is 3. The number of amides is 1. The summed E-state index contributed by atoms with van der Waals surface area (Å²) in [5.41, 5.74) is 1.89. The normalized spacial score (nSPS) is 12.8. The maximum atomic E-state index is 13.3. The number of ketones is 1. The van der Waals surface area contributed by atoms with Crippen molar-refractivity contribution < 1.29 is 9.59 Å². The van der Waals surface area contributed by atoms with E-state index in [1.165, 1.54) is 13.1 Å². The molecule has 2 aromatic carbocycles. The Morgan fingerprint density at radius 3 is 2.29 bits per heavy atom. The molecule has 160 valence electrons. The van der Waals surface area contributed by atoms with Gasteiger partial charge in [-0.25, -0.2) is 0 Å². The van der Waals surface area contributed by atoms with Gasteiger partial charge in [0.25, 0.3) is 0 Å². The highest BCUT2D eigenvalue weighted by atomic mass is 35.5. The van der Waals surface area contributed by atoms with Gasteiger partial charge in [0.1, 0.15) is 5.78 Å².